The molecule has 0 saturated heterocycles. The van der Waals surface area contributed by atoms with E-state index in [9.17, 15) is 4.79 Å². The highest BCUT2D eigenvalue weighted by molar-refractivity contribution is 5.90. The zero-order chi connectivity index (χ0) is 14.1. The first-order chi connectivity index (χ1) is 9.19. The monoisotopic (exact) mass is 271 g/mol. The fourth-order valence-electron chi connectivity index (χ4n) is 2.59. The van der Waals surface area contributed by atoms with Crippen LogP contribution in [-0.4, -0.2) is 36.7 Å². The summed E-state index contributed by atoms with van der Waals surface area (Å²) in [4.78, 5) is 11.8. The van der Waals surface area contributed by atoms with Crippen molar-refractivity contribution in [2.45, 2.75) is 51.0 Å². The van der Waals surface area contributed by atoms with Gasteiger partial charge in [0.05, 0.1) is 6.04 Å². The second-order valence-electron chi connectivity index (χ2n) is 5.06. The van der Waals surface area contributed by atoms with Crippen molar-refractivity contribution in [3.8, 4) is 0 Å². The summed E-state index contributed by atoms with van der Waals surface area (Å²) in [5.41, 5.74) is 5.71. The first-order valence-electron chi connectivity index (χ1n) is 6.94. The molecule has 0 aliphatic heterocycles. The fourth-order valence-corrected chi connectivity index (χ4v) is 2.59. The standard InChI is InChI=1S/C13H25N3O3/c1-19-9-5-8-11(17)15-12(13(14)16-18)10-6-3-2-4-7-10/h10,12,18H,2-9H2,1H3,(H2,14,16)(H,15,17). The zero-order valence-electron chi connectivity index (χ0n) is 11.6. The number of rotatable bonds is 7. The number of hydrogen-bond donors (Lipinski definition) is 3. The van der Waals surface area contributed by atoms with Crippen LogP contribution in [0.2, 0.25) is 0 Å². The van der Waals surface area contributed by atoms with Crippen LogP contribution in [0.4, 0.5) is 0 Å². The third-order valence-corrected chi connectivity index (χ3v) is 3.62. The van der Waals surface area contributed by atoms with E-state index < -0.39 is 0 Å². The highest BCUT2D eigenvalue weighted by Gasteiger charge is 2.28. The molecule has 0 aromatic heterocycles. The van der Waals surface area contributed by atoms with Crippen molar-refractivity contribution < 1.29 is 14.7 Å². The molecule has 1 unspecified atom stereocenters. The van der Waals surface area contributed by atoms with Gasteiger partial charge in [0.1, 0.15) is 0 Å². The summed E-state index contributed by atoms with van der Waals surface area (Å²) in [7, 11) is 1.61. The minimum Gasteiger partial charge on any atom is -0.409 e. The van der Waals surface area contributed by atoms with Crippen molar-refractivity contribution in [1.82, 2.24) is 5.32 Å². The first-order valence-corrected chi connectivity index (χ1v) is 6.94. The van der Waals surface area contributed by atoms with Crippen LogP contribution in [0.3, 0.4) is 0 Å². The molecular formula is C13H25N3O3. The van der Waals surface area contributed by atoms with E-state index in [1.165, 1.54) is 6.42 Å². The van der Waals surface area contributed by atoms with Crippen molar-refractivity contribution in [3.05, 3.63) is 0 Å². The van der Waals surface area contributed by atoms with Crippen LogP contribution in [0.15, 0.2) is 5.16 Å². The number of carbonyl (C=O) groups excluding carboxylic acids is 1. The molecule has 0 bridgehead atoms. The average molecular weight is 271 g/mol. The number of amides is 1. The van der Waals surface area contributed by atoms with E-state index in [1.807, 2.05) is 0 Å². The number of methoxy groups -OCH3 is 1. The van der Waals surface area contributed by atoms with E-state index in [1.54, 1.807) is 7.11 Å². The molecular weight excluding hydrogens is 246 g/mol. The number of nitrogens with zero attached hydrogens (tertiary/aromatic N) is 1. The van der Waals surface area contributed by atoms with Crippen molar-refractivity contribution in [2.75, 3.05) is 13.7 Å². The van der Waals surface area contributed by atoms with Gasteiger partial charge in [-0.3, -0.25) is 4.79 Å². The van der Waals surface area contributed by atoms with E-state index in [2.05, 4.69) is 10.5 Å². The summed E-state index contributed by atoms with van der Waals surface area (Å²) in [6.07, 6.45) is 6.60. The van der Waals surface area contributed by atoms with Crippen molar-refractivity contribution in [2.24, 2.45) is 16.8 Å². The van der Waals surface area contributed by atoms with E-state index in [0.717, 1.165) is 25.7 Å². The van der Waals surface area contributed by atoms with Gasteiger partial charge in [-0.25, -0.2) is 0 Å². The molecule has 0 spiro atoms. The first kappa shape index (κ1) is 15.8. The SMILES string of the molecule is COCCCC(=O)NC(C(N)=NO)C1CCCCC1. The molecule has 6 nitrogen and oxygen atoms in total. The van der Waals surface area contributed by atoms with Crippen LogP contribution in [0.1, 0.15) is 44.9 Å². The quantitative estimate of drug-likeness (QED) is 0.213. The highest BCUT2D eigenvalue weighted by Crippen LogP contribution is 2.26. The van der Waals surface area contributed by atoms with Gasteiger partial charge in [0.2, 0.25) is 5.91 Å². The number of hydrogen-bond acceptors (Lipinski definition) is 4. The Hall–Kier alpha value is -1.30. The van der Waals surface area contributed by atoms with Crippen molar-refractivity contribution >= 4 is 11.7 Å². The Kier molecular flexibility index (Phi) is 7.25. The number of ether oxygens (including phenoxy) is 1. The Labute approximate surface area is 114 Å². The Morgan fingerprint density at radius 2 is 2.16 bits per heavy atom. The molecule has 1 rings (SSSR count). The van der Waals surface area contributed by atoms with Gasteiger partial charge in [0, 0.05) is 20.1 Å². The van der Waals surface area contributed by atoms with Gasteiger partial charge in [-0.05, 0) is 25.2 Å². The maximum Gasteiger partial charge on any atom is 0.220 e. The number of carbonyl (C=O) groups is 1. The molecule has 1 atom stereocenters. The van der Waals surface area contributed by atoms with Crippen LogP contribution in [0, 0.1) is 5.92 Å². The summed E-state index contributed by atoms with van der Waals surface area (Å²) in [5.74, 6) is 0.308. The minimum atomic E-state index is -0.347. The lowest BCUT2D eigenvalue weighted by Crippen LogP contribution is -2.49. The summed E-state index contributed by atoms with van der Waals surface area (Å²) >= 11 is 0. The number of nitrogens with two attached hydrogens (primary N) is 1. The molecule has 1 saturated carbocycles. The lowest BCUT2D eigenvalue weighted by Gasteiger charge is -2.30. The molecule has 0 heterocycles. The lowest BCUT2D eigenvalue weighted by atomic mass is 9.83. The van der Waals surface area contributed by atoms with E-state index in [4.69, 9.17) is 15.7 Å². The summed E-state index contributed by atoms with van der Waals surface area (Å²) in [5, 5.41) is 14.8. The van der Waals surface area contributed by atoms with Crippen LogP contribution in [0.5, 0.6) is 0 Å². The van der Waals surface area contributed by atoms with E-state index >= 15 is 0 Å². The normalized spacial score (nSPS) is 19.1. The van der Waals surface area contributed by atoms with Crippen molar-refractivity contribution in [3.63, 3.8) is 0 Å². The van der Waals surface area contributed by atoms with Gasteiger partial charge < -0.3 is 21.0 Å². The Morgan fingerprint density at radius 3 is 2.74 bits per heavy atom. The van der Waals surface area contributed by atoms with Gasteiger partial charge in [0.15, 0.2) is 5.84 Å². The van der Waals surface area contributed by atoms with E-state index in [-0.39, 0.29) is 23.7 Å². The zero-order valence-corrected chi connectivity index (χ0v) is 11.6. The maximum absolute atomic E-state index is 11.8. The fraction of sp³-hybridized carbons (Fsp3) is 0.846. The summed E-state index contributed by atoms with van der Waals surface area (Å²) < 4.78 is 4.91. The van der Waals surface area contributed by atoms with Crippen LogP contribution in [0.25, 0.3) is 0 Å². The molecule has 0 radical (unpaired) electrons. The molecule has 6 heteroatoms. The predicted octanol–water partition coefficient (Wildman–Crippen LogP) is 1.22. The van der Waals surface area contributed by atoms with Gasteiger partial charge in [0.25, 0.3) is 0 Å². The number of oxime groups is 1. The van der Waals surface area contributed by atoms with Crippen LogP contribution >= 0.6 is 0 Å². The topological polar surface area (TPSA) is 96.9 Å². The van der Waals surface area contributed by atoms with Crippen molar-refractivity contribution in [1.29, 1.82) is 0 Å². The second-order valence-corrected chi connectivity index (χ2v) is 5.06. The second kappa shape index (κ2) is 8.74. The molecule has 0 aromatic rings. The van der Waals surface area contributed by atoms with Gasteiger partial charge in [-0.2, -0.15) is 0 Å². The smallest absolute Gasteiger partial charge is 0.220 e. The molecule has 1 fully saturated rings. The summed E-state index contributed by atoms with van der Waals surface area (Å²) in [6.45, 7) is 0.561. The molecule has 19 heavy (non-hydrogen) atoms. The van der Waals surface area contributed by atoms with Crippen LogP contribution < -0.4 is 11.1 Å². The highest BCUT2D eigenvalue weighted by atomic mass is 16.5. The Balaban J connectivity index is 2.51. The minimum absolute atomic E-state index is 0.0702. The largest absolute Gasteiger partial charge is 0.409 e. The molecule has 1 aliphatic carbocycles. The van der Waals surface area contributed by atoms with Gasteiger partial charge >= 0.3 is 0 Å². The number of amidine groups is 1. The molecule has 110 valence electrons. The molecule has 1 aliphatic rings. The lowest BCUT2D eigenvalue weighted by molar-refractivity contribution is -0.122. The third-order valence-electron chi connectivity index (χ3n) is 3.62. The van der Waals surface area contributed by atoms with E-state index in [0.29, 0.717) is 19.4 Å². The predicted molar refractivity (Wildman–Crippen MR) is 73.0 cm³/mol. The molecule has 4 N–H and O–H groups in total. The third kappa shape index (κ3) is 5.46. The molecule has 0 aromatic carbocycles. The van der Waals surface area contributed by atoms with Crippen LogP contribution in [-0.2, 0) is 9.53 Å². The Bertz CT molecular complexity index is 302. The number of nitrogens with one attached hydrogen (secondary N) is 1. The maximum atomic E-state index is 11.8. The van der Waals surface area contributed by atoms with Gasteiger partial charge in [-0.15, -0.1) is 0 Å². The summed E-state index contributed by atoms with van der Waals surface area (Å²) in [6, 6.07) is -0.347. The molecule has 1 amide bonds. The Morgan fingerprint density at radius 1 is 1.47 bits per heavy atom. The van der Waals surface area contributed by atoms with Gasteiger partial charge in [-0.1, -0.05) is 24.4 Å². The average Bonchev–Trinajstić information content (AvgIpc) is 2.45.